The number of rotatable bonds is 1. The van der Waals surface area contributed by atoms with Gasteiger partial charge < -0.3 is 5.73 Å². The van der Waals surface area contributed by atoms with Crippen LogP contribution in [-0.2, 0) is 12.8 Å². The summed E-state index contributed by atoms with van der Waals surface area (Å²) in [5.41, 5.74) is 9.91. The molecule has 0 amide bonds. The number of hydrogen-bond acceptors (Lipinski definition) is 1. The molecule has 1 unspecified atom stereocenters. The van der Waals surface area contributed by atoms with E-state index in [9.17, 15) is 0 Å². The summed E-state index contributed by atoms with van der Waals surface area (Å²) >= 11 is 3.37. The lowest BCUT2D eigenvalue weighted by molar-refractivity contribution is 0.911. The summed E-state index contributed by atoms with van der Waals surface area (Å²) in [5, 5.41) is 0. The molecule has 2 N–H and O–H groups in total. The quantitative estimate of drug-likeness (QED) is 0.577. The van der Waals surface area contributed by atoms with Gasteiger partial charge in [0.1, 0.15) is 0 Å². The molecule has 0 radical (unpaired) electrons. The standard InChI is InChI=1S/C10H12BrN/c11-10(12)9-5-4-7-2-1-3-8(7)6-9/h4-6,10H,1-3,12H2. The van der Waals surface area contributed by atoms with Gasteiger partial charge in [0.05, 0.1) is 4.95 Å². The monoisotopic (exact) mass is 225 g/mol. The summed E-state index contributed by atoms with van der Waals surface area (Å²) in [6, 6.07) is 6.55. The molecule has 1 aromatic rings. The fraction of sp³-hybridized carbons (Fsp3) is 0.400. The lowest BCUT2D eigenvalue weighted by Gasteiger charge is -2.06. The zero-order valence-corrected chi connectivity index (χ0v) is 8.47. The molecule has 0 spiro atoms. The Kier molecular flexibility index (Phi) is 2.20. The summed E-state index contributed by atoms with van der Waals surface area (Å²) in [6.45, 7) is 0. The van der Waals surface area contributed by atoms with Gasteiger partial charge in [0.25, 0.3) is 0 Å². The Balaban J connectivity index is 2.39. The van der Waals surface area contributed by atoms with Crippen LogP contribution >= 0.6 is 15.9 Å². The van der Waals surface area contributed by atoms with E-state index >= 15 is 0 Å². The van der Waals surface area contributed by atoms with E-state index in [1.54, 1.807) is 0 Å². The van der Waals surface area contributed by atoms with Crippen molar-refractivity contribution in [3.8, 4) is 0 Å². The van der Waals surface area contributed by atoms with Gasteiger partial charge in [-0.3, -0.25) is 0 Å². The van der Waals surface area contributed by atoms with Gasteiger partial charge in [0.15, 0.2) is 0 Å². The molecule has 0 heterocycles. The SMILES string of the molecule is NC(Br)c1ccc2c(c1)CCC2. The van der Waals surface area contributed by atoms with Crippen molar-refractivity contribution in [3.63, 3.8) is 0 Å². The molecular formula is C10H12BrN. The molecule has 0 saturated heterocycles. The highest BCUT2D eigenvalue weighted by atomic mass is 79.9. The van der Waals surface area contributed by atoms with Gasteiger partial charge in [-0.2, -0.15) is 0 Å². The largest absolute Gasteiger partial charge is 0.315 e. The fourth-order valence-corrected chi connectivity index (χ4v) is 2.05. The predicted molar refractivity (Wildman–Crippen MR) is 54.3 cm³/mol. The first kappa shape index (κ1) is 8.27. The first-order valence-electron chi connectivity index (χ1n) is 4.29. The van der Waals surface area contributed by atoms with Crippen LogP contribution in [0.4, 0.5) is 0 Å². The van der Waals surface area contributed by atoms with E-state index in [-0.39, 0.29) is 4.95 Å². The molecule has 0 aromatic heterocycles. The van der Waals surface area contributed by atoms with E-state index in [0.717, 1.165) is 0 Å². The van der Waals surface area contributed by atoms with Crippen LogP contribution in [0, 0.1) is 0 Å². The summed E-state index contributed by atoms with van der Waals surface area (Å²) in [6.07, 6.45) is 3.77. The zero-order valence-electron chi connectivity index (χ0n) is 6.89. The molecule has 0 fully saturated rings. The lowest BCUT2D eigenvalue weighted by Crippen LogP contribution is -2.01. The summed E-state index contributed by atoms with van der Waals surface area (Å²) < 4.78 is 0. The van der Waals surface area contributed by atoms with Crippen molar-refractivity contribution < 1.29 is 0 Å². The van der Waals surface area contributed by atoms with Crippen molar-refractivity contribution in [2.75, 3.05) is 0 Å². The number of nitrogens with two attached hydrogens (primary N) is 1. The smallest absolute Gasteiger partial charge is 0.0861 e. The molecule has 1 atom stereocenters. The van der Waals surface area contributed by atoms with Crippen LogP contribution in [0.1, 0.15) is 28.1 Å². The van der Waals surface area contributed by atoms with E-state index in [1.807, 2.05) is 0 Å². The van der Waals surface area contributed by atoms with Crippen molar-refractivity contribution >= 4 is 15.9 Å². The maximum absolute atomic E-state index is 5.72. The van der Waals surface area contributed by atoms with E-state index in [1.165, 1.54) is 36.0 Å². The van der Waals surface area contributed by atoms with E-state index in [0.29, 0.717) is 0 Å². The van der Waals surface area contributed by atoms with Crippen LogP contribution in [0.25, 0.3) is 0 Å². The third-order valence-corrected chi connectivity index (χ3v) is 2.97. The average Bonchev–Trinajstić information content (AvgIpc) is 2.49. The summed E-state index contributed by atoms with van der Waals surface area (Å²) in [4.78, 5) is -0.0107. The molecule has 0 aliphatic heterocycles. The molecule has 2 rings (SSSR count). The second-order valence-electron chi connectivity index (χ2n) is 3.28. The minimum atomic E-state index is -0.0107. The van der Waals surface area contributed by atoms with Crippen LogP contribution in [0.2, 0.25) is 0 Å². The Hall–Kier alpha value is -0.340. The van der Waals surface area contributed by atoms with Crippen LogP contribution in [0.15, 0.2) is 18.2 Å². The fourth-order valence-electron chi connectivity index (χ4n) is 1.76. The molecule has 12 heavy (non-hydrogen) atoms. The third kappa shape index (κ3) is 1.41. The van der Waals surface area contributed by atoms with Gasteiger partial charge in [0.2, 0.25) is 0 Å². The Labute approximate surface area is 81.1 Å². The minimum absolute atomic E-state index is 0.0107. The van der Waals surface area contributed by atoms with E-state index in [2.05, 4.69) is 34.1 Å². The normalized spacial score (nSPS) is 17.5. The number of halogens is 1. The van der Waals surface area contributed by atoms with Crippen molar-refractivity contribution in [2.45, 2.75) is 24.2 Å². The Morgan fingerprint density at radius 3 is 2.75 bits per heavy atom. The number of fused-ring (bicyclic) bond motifs is 1. The number of hydrogen-bond donors (Lipinski definition) is 1. The molecule has 1 aromatic carbocycles. The first-order chi connectivity index (χ1) is 5.77. The predicted octanol–water partition coefficient (Wildman–Crippen LogP) is 2.53. The maximum Gasteiger partial charge on any atom is 0.0861 e. The highest BCUT2D eigenvalue weighted by molar-refractivity contribution is 9.09. The van der Waals surface area contributed by atoms with Crippen LogP contribution in [0.3, 0.4) is 0 Å². The Bertz CT molecular complexity index is 294. The molecule has 0 bridgehead atoms. The minimum Gasteiger partial charge on any atom is -0.315 e. The number of aryl methyl sites for hydroxylation is 2. The highest BCUT2D eigenvalue weighted by Crippen LogP contribution is 2.26. The van der Waals surface area contributed by atoms with Gasteiger partial charge in [-0.05, 0) is 36.0 Å². The van der Waals surface area contributed by atoms with Crippen molar-refractivity contribution in [2.24, 2.45) is 5.73 Å². The average molecular weight is 226 g/mol. The molecule has 2 heteroatoms. The van der Waals surface area contributed by atoms with E-state index in [4.69, 9.17) is 5.73 Å². The van der Waals surface area contributed by atoms with Crippen LogP contribution < -0.4 is 5.73 Å². The summed E-state index contributed by atoms with van der Waals surface area (Å²) in [7, 11) is 0. The number of alkyl halides is 1. The molecule has 0 saturated carbocycles. The van der Waals surface area contributed by atoms with Gasteiger partial charge >= 0.3 is 0 Å². The molecule has 1 aliphatic carbocycles. The maximum atomic E-state index is 5.72. The molecule has 1 nitrogen and oxygen atoms in total. The summed E-state index contributed by atoms with van der Waals surface area (Å²) in [5.74, 6) is 0. The van der Waals surface area contributed by atoms with E-state index < -0.39 is 0 Å². The van der Waals surface area contributed by atoms with Gasteiger partial charge in [-0.1, -0.05) is 34.1 Å². The first-order valence-corrected chi connectivity index (χ1v) is 5.20. The van der Waals surface area contributed by atoms with Crippen LogP contribution in [0.5, 0.6) is 0 Å². The van der Waals surface area contributed by atoms with Gasteiger partial charge in [-0.25, -0.2) is 0 Å². The van der Waals surface area contributed by atoms with Crippen molar-refractivity contribution in [1.82, 2.24) is 0 Å². The van der Waals surface area contributed by atoms with Crippen LogP contribution in [-0.4, -0.2) is 0 Å². The second kappa shape index (κ2) is 3.19. The van der Waals surface area contributed by atoms with Crippen molar-refractivity contribution in [1.29, 1.82) is 0 Å². The van der Waals surface area contributed by atoms with Crippen molar-refractivity contribution in [3.05, 3.63) is 34.9 Å². The Morgan fingerprint density at radius 1 is 1.25 bits per heavy atom. The zero-order chi connectivity index (χ0) is 8.55. The lowest BCUT2D eigenvalue weighted by atomic mass is 10.1. The molecule has 1 aliphatic rings. The Morgan fingerprint density at radius 2 is 2.00 bits per heavy atom. The third-order valence-electron chi connectivity index (χ3n) is 2.44. The topological polar surface area (TPSA) is 26.0 Å². The second-order valence-corrected chi connectivity index (χ2v) is 4.27. The number of benzene rings is 1. The van der Waals surface area contributed by atoms with Gasteiger partial charge in [0, 0.05) is 0 Å². The molecular weight excluding hydrogens is 214 g/mol. The molecule has 64 valence electrons. The van der Waals surface area contributed by atoms with Gasteiger partial charge in [-0.15, -0.1) is 0 Å². The highest BCUT2D eigenvalue weighted by Gasteiger charge is 2.11.